The van der Waals surface area contributed by atoms with Gasteiger partial charge in [-0.2, -0.15) is 13.2 Å². The van der Waals surface area contributed by atoms with Crippen molar-refractivity contribution in [1.29, 1.82) is 0 Å². The van der Waals surface area contributed by atoms with E-state index in [0.29, 0.717) is 37.1 Å². The molecule has 48 heavy (non-hydrogen) atoms. The van der Waals surface area contributed by atoms with Gasteiger partial charge < -0.3 is 20.6 Å². The Morgan fingerprint density at radius 3 is 2.12 bits per heavy atom. The molecule has 1 aliphatic rings. The highest BCUT2D eigenvalue weighted by Gasteiger charge is 2.38. The van der Waals surface area contributed by atoms with E-state index in [2.05, 4.69) is 10.6 Å². The van der Waals surface area contributed by atoms with Gasteiger partial charge in [0.15, 0.2) is 0 Å². The highest BCUT2D eigenvalue weighted by atomic mass is 19.4. The molecule has 0 bridgehead atoms. The van der Waals surface area contributed by atoms with Crippen molar-refractivity contribution in [2.24, 2.45) is 0 Å². The molecular formula is C37H44F5N3O3. The largest absolute Gasteiger partial charge is 0.416 e. The first-order valence-electron chi connectivity index (χ1n) is 16.6. The van der Waals surface area contributed by atoms with Crippen molar-refractivity contribution in [2.45, 2.75) is 89.1 Å². The first-order valence-corrected chi connectivity index (χ1v) is 16.6. The summed E-state index contributed by atoms with van der Waals surface area (Å²) >= 11 is 0. The van der Waals surface area contributed by atoms with Gasteiger partial charge in [-0.15, -0.1) is 0 Å². The molecule has 2 atom stereocenters. The van der Waals surface area contributed by atoms with Gasteiger partial charge in [-0.1, -0.05) is 51.3 Å². The first kappa shape index (κ1) is 37.0. The van der Waals surface area contributed by atoms with Crippen molar-refractivity contribution in [3.8, 4) is 0 Å². The van der Waals surface area contributed by atoms with E-state index in [-0.39, 0.29) is 30.0 Å². The number of nitrogens with zero attached hydrogens (tertiary/aromatic N) is 1. The fourth-order valence-electron chi connectivity index (χ4n) is 6.51. The molecule has 6 nitrogen and oxygen atoms in total. The summed E-state index contributed by atoms with van der Waals surface area (Å²) in [4.78, 5) is 28.5. The zero-order valence-electron chi connectivity index (χ0n) is 27.4. The van der Waals surface area contributed by atoms with Crippen molar-refractivity contribution in [1.82, 2.24) is 15.5 Å². The van der Waals surface area contributed by atoms with Gasteiger partial charge >= 0.3 is 6.18 Å². The fourth-order valence-corrected chi connectivity index (χ4v) is 6.51. The summed E-state index contributed by atoms with van der Waals surface area (Å²) in [6.07, 6.45) is -0.875. The van der Waals surface area contributed by atoms with Gasteiger partial charge in [0, 0.05) is 42.4 Å². The minimum atomic E-state index is -4.52. The predicted molar refractivity (Wildman–Crippen MR) is 174 cm³/mol. The van der Waals surface area contributed by atoms with Crippen LogP contribution in [0.2, 0.25) is 0 Å². The van der Waals surface area contributed by atoms with Gasteiger partial charge in [-0.25, -0.2) is 8.78 Å². The molecule has 0 aliphatic heterocycles. The lowest BCUT2D eigenvalue weighted by molar-refractivity contribution is -0.137. The van der Waals surface area contributed by atoms with Gasteiger partial charge in [-0.05, 0) is 85.7 Å². The van der Waals surface area contributed by atoms with Crippen LogP contribution in [0.25, 0.3) is 0 Å². The summed E-state index contributed by atoms with van der Waals surface area (Å²) < 4.78 is 69.1. The number of amides is 2. The summed E-state index contributed by atoms with van der Waals surface area (Å²) in [5, 5.41) is 17.6. The van der Waals surface area contributed by atoms with Crippen LogP contribution >= 0.6 is 0 Å². The Kier molecular flexibility index (Phi) is 12.7. The third-order valence-electron chi connectivity index (χ3n) is 8.90. The standard InChI is InChI=1S/C37H44F5N3O3/c1-3-16-45(17-4-2)35(48)27-11-8-10-26(21-27)34(47)44-32(20-25-18-30(38)23-31(39)19-25)33(46)24-43-36(14-6-5-7-15-36)28-12-9-13-29(22-28)37(40,41)42/h8-13,18-19,21-23,32-33,43,46H,3-7,14-17,20,24H2,1-2H3,(H,44,47)/t32-,33+/m0/s1. The smallest absolute Gasteiger partial charge is 0.390 e. The highest BCUT2D eigenvalue weighted by molar-refractivity contribution is 5.99. The predicted octanol–water partition coefficient (Wildman–Crippen LogP) is 7.40. The van der Waals surface area contributed by atoms with Crippen LogP contribution in [0, 0.1) is 11.6 Å². The van der Waals surface area contributed by atoms with Crippen LogP contribution < -0.4 is 10.6 Å². The number of hydrogen-bond acceptors (Lipinski definition) is 4. The number of aliphatic hydroxyl groups is 1. The van der Waals surface area contributed by atoms with Crippen LogP contribution in [-0.2, 0) is 18.1 Å². The monoisotopic (exact) mass is 673 g/mol. The molecule has 0 aromatic heterocycles. The van der Waals surface area contributed by atoms with Crippen LogP contribution in [0.4, 0.5) is 22.0 Å². The fraction of sp³-hybridized carbons (Fsp3) is 0.459. The lowest BCUT2D eigenvalue weighted by atomic mass is 9.76. The third kappa shape index (κ3) is 9.63. The number of carbonyl (C=O) groups excluding carboxylic acids is 2. The van der Waals surface area contributed by atoms with Crippen molar-refractivity contribution in [2.75, 3.05) is 19.6 Å². The average Bonchev–Trinajstić information content (AvgIpc) is 3.06. The molecular weight excluding hydrogens is 629 g/mol. The summed E-state index contributed by atoms with van der Waals surface area (Å²) in [5.74, 6) is -2.45. The Morgan fingerprint density at radius 2 is 1.50 bits per heavy atom. The van der Waals surface area contributed by atoms with Crippen LogP contribution in [-0.4, -0.2) is 53.6 Å². The maximum absolute atomic E-state index is 14.1. The van der Waals surface area contributed by atoms with Gasteiger partial charge in [0.25, 0.3) is 11.8 Å². The van der Waals surface area contributed by atoms with Gasteiger partial charge in [-0.3, -0.25) is 9.59 Å². The molecule has 3 aromatic carbocycles. The SMILES string of the molecule is CCCN(CCC)C(=O)c1cccc(C(=O)N[C@@H](Cc2cc(F)cc(F)c2)[C@H](O)CNC2(c3cccc(C(F)(F)F)c3)CCCCC2)c1. The number of nitrogens with one attached hydrogen (secondary N) is 2. The molecule has 260 valence electrons. The summed E-state index contributed by atoms with van der Waals surface area (Å²) in [6.45, 7) is 4.95. The molecule has 0 radical (unpaired) electrons. The number of rotatable bonds is 14. The van der Waals surface area contributed by atoms with E-state index in [1.165, 1.54) is 18.2 Å². The molecule has 0 unspecified atom stereocenters. The molecule has 0 spiro atoms. The number of halogens is 5. The quantitative estimate of drug-likeness (QED) is 0.156. The zero-order valence-corrected chi connectivity index (χ0v) is 27.4. The molecule has 2 amide bonds. The highest BCUT2D eigenvalue weighted by Crippen LogP contribution is 2.39. The van der Waals surface area contributed by atoms with E-state index in [0.717, 1.165) is 62.4 Å². The minimum Gasteiger partial charge on any atom is -0.390 e. The van der Waals surface area contributed by atoms with Crippen molar-refractivity contribution >= 4 is 11.8 Å². The van der Waals surface area contributed by atoms with Gasteiger partial charge in [0.1, 0.15) is 11.6 Å². The van der Waals surface area contributed by atoms with Gasteiger partial charge in [0.05, 0.1) is 17.7 Å². The maximum atomic E-state index is 14.1. The van der Waals surface area contributed by atoms with Crippen molar-refractivity contribution < 1.29 is 36.6 Å². The number of benzene rings is 3. The van der Waals surface area contributed by atoms with Crippen LogP contribution in [0.1, 0.15) is 96.2 Å². The summed E-state index contributed by atoms with van der Waals surface area (Å²) in [7, 11) is 0. The number of alkyl halides is 3. The lowest BCUT2D eigenvalue weighted by Crippen LogP contribution is -2.53. The second-order valence-electron chi connectivity index (χ2n) is 12.6. The maximum Gasteiger partial charge on any atom is 0.416 e. The van der Waals surface area contributed by atoms with E-state index in [4.69, 9.17) is 0 Å². The number of hydrogen-bond donors (Lipinski definition) is 3. The van der Waals surface area contributed by atoms with Crippen LogP contribution in [0.3, 0.4) is 0 Å². The summed E-state index contributed by atoms with van der Waals surface area (Å²) in [5.41, 5.74) is -0.469. The summed E-state index contributed by atoms with van der Waals surface area (Å²) in [6, 6.07) is 13.3. The van der Waals surface area contributed by atoms with E-state index in [9.17, 15) is 36.6 Å². The van der Waals surface area contributed by atoms with Crippen molar-refractivity contribution in [3.63, 3.8) is 0 Å². The second kappa shape index (κ2) is 16.5. The normalized spacial score (nSPS) is 15.8. The topological polar surface area (TPSA) is 81.7 Å². The molecule has 0 saturated heterocycles. The van der Waals surface area contributed by atoms with E-state index in [1.54, 1.807) is 23.1 Å². The lowest BCUT2D eigenvalue weighted by Gasteiger charge is -2.40. The second-order valence-corrected chi connectivity index (χ2v) is 12.6. The molecule has 3 aromatic rings. The molecule has 3 N–H and O–H groups in total. The number of aliphatic hydroxyl groups excluding tert-OH is 1. The molecule has 11 heteroatoms. The van der Waals surface area contributed by atoms with Crippen LogP contribution in [0.15, 0.2) is 66.7 Å². The Labute approximate surface area is 278 Å². The zero-order chi connectivity index (χ0) is 34.9. The minimum absolute atomic E-state index is 0.124. The first-order chi connectivity index (χ1) is 22.8. The molecule has 0 heterocycles. The average molecular weight is 674 g/mol. The molecule has 1 fully saturated rings. The molecule has 1 aliphatic carbocycles. The third-order valence-corrected chi connectivity index (χ3v) is 8.90. The van der Waals surface area contributed by atoms with Crippen molar-refractivity contribution in [3.05, 3.63) is 106 Å². The van der Waals surface area contributed by atoms with E-state index in [1.807, 2.05) is 13.8 Å². The Hall–Kier alpha value is -3.83. The van der Waals surface area contributed by atoms with Gasteiger partial charge in [0.2, 0.25) is 0 Å². The molecule has 4 rings (SSSR count). The van der Waals surface area contributed by atoms with E-state index >= 15 is 0 Å². The number of carbonyl (C=O) groups is 2. The Balaban J connectivity index is 1.59. The molecule has 1 saturated carbocycles. The van der Waals surface area contributed by atoms with Crippen LogP contribution in [0.5, 0.6) is 0 Å². The van der Waals surface area contributed by atoms with E-state index < -0.39 is 47.0 Å². The Bertz CT molecular complexity index is 1510. The Morgan fingerprint density at radius 1 is 0.875 bits per heavy atom.